The summed E-state index contributed by atoms with van der Waals surface area (Å²) in [5.74, 6) is -1.73. The average molecular weight is 400 g/mol. The summed E-state index contributed by atoms with van der Waals surface area (Å²) in [6.07, 6.45) is 2.83. The minimum absolute atomic E-state index is 0.198. The van der Waals surface area contributed by atoms with E-state index in [4.69, 9.17) is 18.6 Å². The fraction of sp³-hybridized carbons (Fsp3) is 0.591. The van der Waals surface area contributed by atoms with Crippen LogP contribution in [0.5, 0.6) is 0 Å². The van der Waals surface area contributed by atoms with E-state index in [1.807, 2.05) is 6.92 Å². The number of hydrogen-bond acceptors (Lipinski definition) is 7. The molecule has 3 fully saturated rings. The Balaban J connectivity index is 1.75. The van der Waals surface area contributed by atoms with Crippen molar-refractivity contribution in [3.05, 3.63) is 35.3 Å². The maximum Gasteiger partial charge on any atom is 0.334 e. The summed E-state index contributed by atoms with van der Waals surface area (Å²) in [7, 11) is 0. The van der Waals surface area contributed by atoms with Gasteiger partial charge < -0.3 is 18.6 Å². The van der Waals surface area contributed by atoms with E-state index in [1.165, 1.54) is 13.2 Å². The van der Waals surface area contributed by atoms with E-state index in [-0.39, 0.29) is 29.9 Å². The van der Waals surface area contributed by atoms with Gasteiger partial charge in [0, 0.05) is 35.8 Å². The van der Waals surface area contributed by atoms with Crippen LogP contribution in [0.1, 0.15) is 52.2 Å². The van der Waals surface area contributed by atoms with Crippen LogP contribution < -0.4 is 0 Å². The average Bonchev–Trinajstić information content (AvgIpc) is 3.28. The van der Waals surface area contributed by atoms with Crippen molar-refractivity contribution < 1.29 is 33.0 Å². The zero-order valence-electron chi connectivity index (χ0n) is 16.9. The zero-order chi connectivity index (χ0) is 20.7. The van der Waals surface area contributed by atoms with Crippen molar-refractivity contribution in [2.45, 2.75) is 58.8 Å². The van der Waals surface area contributed by atoms with Gasteiger partial charge in [-0.25, -0.2) is 4.79 Å². The lowest BCUT2D eigenvalue weighted by Gasteiger charge is -2.45. The van der Waals surface area contributed by atoms with Crippen molar-refractivity contribution in [1.82, 2.24) is 0 Å². The second-order valence-corrected chi connectivity index (χ2v) is 9.27. The Bertz CT molecular complexity index is 944. The Morgan fingerprint density at radius 3 is 2.55 bits per heavy atom. The summed E-state index contributed by atoms with van der Waals surface area (Å²) in [4.78, 5) is 37.8. The van der Waals surface area contributed by atoms with Gasteiger partial charge in [0.05, 0.1) is 23.9 Å². The van der Waals surface area contributed by atoms with E-state index in [0.717, 1.165) is 5.57 Å². The highest BCUT2D eigenvalue weighted by atomic mass is 16.6. The van der Waals surface area contributed by atoms with Crippen molar-refractivity contribution in [2.24, 2.45) is 22.7 Å². The number of ether oxygens (including phenoxy) is 3. The molecular weight excluding hydrogens is 376 g/mol. The molecule has 0 N–H and O–H groups in total. The van der Waals surface area contributed by atoms with Gasteiger partial charge in [-0.15, -0.1) is 0 Å². The number of esters is 3. The molecule has 3 heterocycles. The van der Waals surface area contributed by atoms with Gasteiger partial charge in [-0.1, -0.05) is 6.92 Å². The fourth-order valence-electron chi connectivity index (χ4n) is 6.74. The molecule has 0 amide bonds. The molecule has 4 aliphatic rings. The molecule has 0 spiro atoms. The molecule has 154 valence electrons. The number of cyclic esters (lactones) is 1. The lowest BCUT2D eigenvalue weighted by molar-refractivity contribution is -0.167. The van der Waals surface area contributed by atoms with Crippen molar-refractivity contribution in [3.8, 4) is 0 Å². The van der Waals surface area contributed by atoms with E-state index in [0.29, 0.717) is 24.0 Å². The number of furan rings is 1. The van der Waals surface area contributed by atoms with Gasteiger partial charge in [-0.2, -0.15) is 0 Å². The van der Waals surface area contributed by atoms with Crippen LogP contribution in [-0.4, -0.2) is 30.1 Å². The van der Waals surface area contributed by atoms with Gasteiger partial charge in [0.25, 0.3) is 0 Å². The molecule has 0 aromatic carbocycles. The predicted molar refractivity (Wildman–Crippen MR) is 98.1 cm³/mol. The van der Waals surface area contributed by atoms with Crippen LogP contribution >= 0.6 is 0 Å². The summed E-state index contributed by atoms with van der Waals surface area (Å²) in [5, 5.41) is 0. The first-order valence-electron chi connectivity index (χ1n) is 9.99. The summed E-state index contributed by atoms with van der Waals surface area (Å²) in [5.41, 5.74) is 0.872. The summed E-state index contributed by atoms with van der Waals surface area (Å²) >= 11 is 0. The van der Waals surface area contributed by atoms with Crippen LogP contribution in [-0.2, 0) is 28.6 Å². The first-order valence-corrected chi connectivity index (χ1v) is 9.99. The second kappa shape index (κ2) is 5.74. The minimum atomic E-state index is -0.785. The van der Waals surface area contributed by atoms with Crippen molar-refractivity contribution in [1.29, 1.82) is 0 Å². The van der Waals surface area contributed by atoms with Gasteiger partial charge in [0.2, 0.25) is 0 Å². The third-order valence-electron chi connectivity index (χ3n) is 7.49. The van der Waals surface area contributed by atoms with Crippen molar-refractivity contribution in [2.75, 3.05) is 0 Å². The van der Waals surface area contributed by atoms with Gasteiger partial charge >= 0.3 is 17.9 Å². The monoisotopic (exact) mass is 400 g/mol. The molecule has 7 heteroatoms. The Morgan fingerprint density at radius 2 is 1.90 bits per heavy atom. The third-order valence-corrected chi connectivity index (χ3v) is 7.49. The molecule has 7 atom stereocenters. The first kappa shape index (κ1) is 18.5. The molecule has 29 heavy (non-hydrogen) atoms. The van der Waals surface area contributed by atoms with E-state index in [2.05, 4.69) is 6.92 Å². The number of carbonyl (C=O) groups is 3. The molecule has 2 bridgehead atoms. The van der Waals surface area contributed by atoms with Gasteiger partial charge in [0.1, 0.15) is 18.3 Å². The number of carbonyl (C=O) groups excluding carboxylic acids is 3. The topological polar surface area (TPSA) is 92.0 Å². The maximum atomic E-state index is 12.9. The molecule has 2 saturated carbocycles. The number of hydrogen-bond donors (Lipinski definition) is 0. The van der Waals surface area contributed by atoms with E-state index >= 15 is 0 Å². The largest absolute Gasteiger partial charge is 0.472 e. The lowest BCUT2D eigenvalue weighted by Crippen LogP contribution is -2.49. The SMILES string of the molecule is CC(=O)OC1C2C(=C(C)C(=O)OC2c2ccoc2)C2(C)CC3CC(C)(C(=O)O3)C12. The molecule has 1 saturated heterocycles. The summed E-state index contributed by atoms with van der Waals surface area (Å²) in [6, 6.07) is 1.76. The standard InChI is InChI=1S/C22H24O7/c1-10-15-14(16(29-19(10)24)12-5-6-26-9-12)17(27-11(2)23)18-21(15,3)7-13-8-22(18,4)20(25)28-13/h5-6,9,13-14,16-18H,7-8H2,1-4H3. The van der Waals surface area contributed by atoms with Crippen LogP contribution in [0, 0.1) is 22.7 Å². The molecule has 2 aliphatic carbocycles. The molecule has 1 aromatic heterocycles. The van der Waals surface area contributed by atoms with Crippen molar-refractivity contribution >= 4 is 17.9 Å². The third kappa shape index (κ3) is 2.27. The van der Waals surface area contributed by atoms with Gasteiger partial charge in [0.15, 0.2) is 0 Å². The highest BCUT2D eigenvalue weighted by Crippen LogP contribution is 2.70. The maximum absolute atomic E-state index is 12.9. The lowest BCUT2D eigenvalue weighted by atomic mass is 9.56. The predicted octanol–water partition coefficient (Wildman–Crippen LogP) is 3.10. The Hall–Kier alpha value is -2.57. The van der Waals surface area contributed by atoms with Crippen molar-refractivity contribution in [3.63, 3.8) is 0 Å². The zero-order valence-corrected chi connectivity index (χ0v) is 16.9. The van der Waals surface area contributed by atoms with Crippen LogP contribution in [0.4, 0.5) is 0 Å². The Morgan fingerprint density at radius 1 is 1.17 bits per heavy atom. The fourth-order valence-corrected chi connectivity index (χ4v) is 6.74. The number of fused-ring (bicyclic) bond motifs is 6. The van der Waals surface area contributed by atoms with E-state index in [1.54, 1.807) is 19.3 Å². The molecule has 2 aliphatic heterocycles. The van der Waals surface area contributed by atoms with Crippen LogP contribution in [0.15, 0.2) is 34.2 Å². The smallest absolute Gasteiger partial charge is 0.334 e. The molecule has 1 aromatic rings. The Kier molecular flexibility index (Phi) is 3.65. The molecule has 5 rings (SSSR count). The van der Waals surface area contributed by atoms with Gasteiger partial charge in [-0.3, -0.25) is 9.59 Å². The first-order chi connectivity index (χ1) is 13.7. The highest BCUT2D eigenvalue weighted by molar-refractivity contribution is 5.91. The molecule has 7 unspecified atom stereocenters. The van der Waals surface area contributed by atoms with E-state index in [9.17, 15) is 14.4 Å². The van der Waals surface area contributed by atoms with Crippen LogP contribution in [0.2, 0.25) is 0 Å². The van der Waals surface area contributed by atoms with Gasteiger partial charge in [-0.05, 0) is 31.9 Å². The molecule has 7 nitrogen and oxygen atoms in total. The Labute approximate surface area is 168 Å². The normalized spacial score (nSPS) is 42.8. The highest BCUT2D eigenvalue weighted by Gasteiger charge is 2.72. The van der Waals surface area contributed by atoms with E-state index < -0.39 is 29.0 Å². The quantitative estimate of drug-likeness (QED) is 0.556. The van der Waals surface area contributed by atoms with Crippen LogP contribution in [0.25, 0.3) is 0 Å². The second-order valence-electron chi connectivity index (χ2n) is 9.27. The summed E-state index contributed by atoms with van der Waals surface area (Å²) < 4.78 is 22.6. The minimum Gasteiger partial charge on any atom is -0.472 e. The van der Waals surface area contributed by atoms with Crippen LogP contribution in [0.3, 0.4) is 0 Å². The molecule has 0 radical (unpaired) electrons. The summed E-state index contributed by atoms with van der Waals surface area (Å²) in [6.45, 7) is 7.10. The molecular formula is C22H24O7. The number of rotatable bonds is 2.